The van der Waals surface area contributed by atoms with E-state index in [0.29, 0.717) is 5.75 Å². The van der Waals surface area contributed by atoms with Crippen molar-refractivity contribution in [1.29, 1.82) is 0 Å². The maximum atomic E-state index is 11.2. The number of anilines is 2. The molecule has 0 fully saturated rings. The minimum atomic E-state index is -0.114. The molecule has 6 nitrogen and oxygen atoms in total. The fourth-order valence-corrected chi connectivity index (χ4v) is 2.44. The Bertz CT molecular complexity index is 893. The topological polar surface area (TPSA) is 90.1 Å². The molecule has 0 saturated heterocycles. The number of ether oxygens (including phenoxy) is 1. The lowest BCUT2D eigenvalue weighted by molar-refractivity contribution is -0.114. The first-order valence-corrected chi connectivity index (χ1v) is 7.05. The van der Waals surface area contributed by atoms with E-state index >= 15 is 0 Å². The lowest BCUT2D eigenvalue weighted by Gasteiger charge is -2.12. The number of nitrogens with two attached hydrogens (primary N) is 1. The predicted octanol–water partition coefficient (Wildman–Crippen LogP) is 2.85. The number of fused-ring (bicyclic) bond motifs is 1. The van der Waals surface area contributed by atoms with Crippen molar-refractivity contribution in [1.82, 2.24) is 9.97 Å². The first-order chi connectivity index (χ1) is 11.1. The van der Waals surface area contributed by atoms with Crippen LogP contribution < -0.4 is 15.8 Å². The third-order valence-electron chi connectivity index (χ3n) is 3.41. The van der Waals surface area contributed by atoms with Gasteiger partial charge in [-0.15, -0.1) is 0 Å². The van der Waals surface area contributed by atoms with Gasteiger partial charge in [0.1, 0.15) is 5.75 Å². The van der Waals surface area contributed by atoms with Crippen molar-refractivity contribution in [2.24, 2.45) is 0 Å². The molecule has 6 heteroatoms. The number of nitrogens with zero attached hydrogens (tertiary/aromatic N) is 2. The van der Waals surface area contributed by atoms with E-state index in [0.717, 1.165) is 27.7 Å². The highest BCUT2D eigenvalue weighted by atomic mass is 16.5. The molecule has 0 aliphatic rings. The van der Waals surface area contributed by atoms with Crippen LogP contribution in [0.15, 0.2) is 42.6 Å². The lowest BCUT2D eigenvalue weighted by Crippen LogP contribution is -2.05. The highest BCUT2D eigenvalue weighted by Crippen LogP contribution is 2.34. The molecule has 0 unspecified atom stereocenters. The molecule has 2 aromatic carbocycles. The van der Waals surface area contributed by atoms with E-state index < -0.39 is 0 Å². The zero-order valence-corrected chi connectivity index (χ0v) is 12.8. The van der Waals surface area contributed by atoms with Gasteiger partial charge in [-0.05, 0) is 23.8 Å². The summed E-state index contributed by atoms with van der Waals surface area (Å²) < 4.78 is 5.48. The molecule has 0 bridgehead atoms. The number of aromatic nitrogens is 2. The Balaban J connectivity index is 2.14. The van der Waals surface area contributed by atoms with Gasteiger partial charge in [-0.1, -0.05) is 12.1 Å². The van der Waals surface area contributed by atoms with Gasteiger partial charge in [0.2, 0.25) is 11.9 Å². The fourth-order valence-electron chi connectivity index (χ4n) is 2.44. The molecule has 3 aromatic rings. The summed E-state index contributed by atoms with van der Waals surface area (Å²) in [6, 6.07) is 11.3. The molecule has 0 aliphatic carbocycles. The average Bonchev–Trinajstić information content (AvgIpc) is 2.53. The minimum Gasteiger partial charge on any atom is -0.496 e. The Morgan fingerprint density at radius 2 is 2.09 bits per heavy atom. The van der Waals surface area contributed by atoms with Crippen LogP contribution in [0.1, 0.15) is 6.92 Å². The largest absolute Gasteiger partial charge is 0.496 e. The van der Waals surface area contributed by atoms with Crippen molar-refractivity contribution in [3.63, 3.8) is 0 Å². The van der Waals surface area contributed by atoms with E-state index in [2.05, 4.69) is 15.3 Å². The van der Waals surface area contributed by atoms with Crippen molar-refractivity contribution in [2.75, 3.05) is 18.2 Å². The van der Waals surface area contributed by atoms with Gasteiger partial charge in [0.15, 0.2) is 0 Å². The van der Waals surface area contributed by atoms with E-state index in [4.69, 9.17) is 10.5 Å². The van der Waals surface area contributed by atoms with Crippen molar-refractivity contribution >= 4 is 28.4 Å². The van der Waals surface area contributed by atoms with Crippen molar-refractivity contribution in [3.8, 4) is 16.9 Å². The third kappa shape index (κ3) is 3.06. The zero-order valence-electron chi connectivity index (χ0n) is 12.8. The van der Waals surface area contributed by atoms with E-state index in [-0.39, 0.29) is 11.9 Å². The molecule has 0 atom stereocenters. The molecule has 3 N–H and O–H groups in total. The number of hydrogen-bond donors (Lipinski definition) is 2. The summed E-state index contributed by atoms with van der Waals surface area (Å²) in [6.45, 7) is 1.48. The van der Waals surface area contributed by atoms with Crippen molar-refractivity contribution in [2.45, 2.75) is 6.92 Å². The molecule has 116 valence electrons. The van der Waals surface area contributed by atoms with Crippen LogP contribution in [0, 0.1) is 0 Å². The first-order valence-electron chi connectivity index (χ1n) is 7.05. The van der Waals surface area contributed by atoms with E-state index in [9.17, 15) is 4.79 Å². The van der Waals surface area contributed by atoms with Crippen LogP contribution in [0.25, 0.3) is 22.0 Å². The average molecular weight is 308 g/mol. The number of nitrogens with one attached hydrogen (secondary N) is 1. The van der Waals surface area contributed by atoms with Crippen LogP contribution in [0.2, 0.25) is 0 Å². The molecule has 3 rings (SSSR count). The number of carbonyl (C=O) groups is 1. The maximum absolute atomic E-state index is 11.2. The molecule has 23 heavy (non-hydrogen) atoms. The molecule has 1 aromatic heterocycles. The molecule has 1 heterocycles. The summed E-state index contributed by atoms with van der Waals surface area (Å²) in [5, 5.41) is 3.64. The van der Waals surface area contributed by atoms with E-state index in [1.165, 1.54) is 6.92 Å². The van der Waals surface area contributed by atoms with E-state index in [1.807, 2.05) is 36.4 Å². The number of carbonyl (C=O) groups excluding carboxylic acids is 1. The van der Waals surface area contributed by atoms with Crippen LogP contribution in [-0.4, -0.2) is 23.0 Å². The summed E-state index contributed by atoms with van der Waals surface area (Å²) in [5.74, 6) is 0.784. The number of amides is 1. The highest BCUT2D eigenvalue weighted by Gasteiger charge is 2.10. The second-order valence-corrected chi connectivity index (χ2v) is 5.10. The number of rotatable bonds is 3. The summed E-state index contributed by atoms with van der Waals surface area (Å²) in [7, 11) is 1.60. The molecule has 0 spiro atoms. The molecule has 0 aliphatic heterocycles. The Kier molecular flexibility index (Phi) is 3.80. The third-order valence-corrected chi connectivity index (χ3v) is 3.41. The Labute approximate surface area is 133 Å². The van der Waals surface area contributed by atoms with Crippen molar-refractivity contribution in [3.05, 3.63) is 42.6 Å². The second-order valence-electron chi connectivity index (χ2n) is 5.10. The Morgan fingerprint density at radius 1 is 1.26 bits per heavy atom. The van der Waals surface area contributed by atoms with Crippen LogP contribution in [-0.2, 0) is 4.79 Å². The highest BCUT2D eigenvalue weighted by molar-refractivity contribution is 5.91. The number of hydrogen-bond acceptors (Lipinski definition) is 5. The van der Waals surface area contributed by atoms with Gasteiger partial charge < -0.3 is 15.8 Å². The van der Waals surface area contributed by atoms with Gasteiger partial charge in [0.25, 0.3) is 0 Å². The Hall–Kier alpha value is -3.15. The molecular formula is C17H16N4O2. The number of benzene rings is 2. The van der Waals surface area contributed by atoms with Crippen LogP contribution >= 0.6 is 0 Å². The summed E-state index contributed by atoms with van der Waals surface area (Å²) >= 11 is 0. The SMILES string of the molecule is COc1cc2nc(N)ncc2cc1-c1cccc(NC(C)=O)c1. The summed E-state index contributed by atoms with van der Waals surface area (Å²) in [5.41, 5.74) is 8.89. The van der Waals surface area contributed by atoms with Crippen LogP contribution in [0.3, 0.4) is 0 Å². The van der Waals surface area contributed by atoms with E-state index in [1.54, 1.807) is 13.3 Å². The fraction of sp³-hybridized carbons (Fsp3) is 0.118. The second kappa shape index (κ2) is 5.92. The quantitative estimate of drug-likeness (QED) is 0.776. The van der Waals surface area contributed by atoms with Gasteiger partial charge in [0, 0.05) is 35.8 Å². The lowest BCUT2D eigenvalue weighted by atomic mass is 10.0. The molecule has 1 amide bonds. The Morgan fingerprint density at radius 3 is 2.83 bits per heavy atom. The molecule has 0 radical (unpaired) electrons. The van der Waals surface area contributed by atoms with Gasteiger partial charge in [-0.25, -0.2) is 9.97 Å². The molecule has 0 saturated carbocycles. The minimum absolute atomic E-state index is 0.114. The summed E-state index contributed by atoms with van der Waals surface area (Å²) in [6.07, 6.45) is 1.68. The van der Waals surface area contributed by atoms with Gasteiger partial charge in [0.05, 0.1) is 12.6 Å². The van der Waals surface area contributed by atoms with Gasteiger partial charge >= 0.3 is 0 Å². The standard InChI is InChI=1S/C17H16N4O2/c1-10(22)20-13-5-3-4-11(6-13)14-7-12-9-19-17(18)21-15(12)8-16(14)23-2/h3-9H,1-2H3,(H,20,22)(H2,18,19,21). The predicted molar refractivity (Wildman–Crippen MR) is 90.2 cm³/mol. The van der Waals surface area contributed by atoms with Gasteiger partial charge in [-0.3, -0.25) is 4.79 Å². The summed E-state index contributed by atoms with van der Waals surface area (Å²) in [4.78, 5) is 19.5. The monoisotopic (exact) mass is 308 g/mol. The molecular weight excluding hydrogens is 292 g/mol. The zero-order chi connectivity index (χ0) is 16.4. The number of methoxy groups -OCH3 is 1. The smallest absolute Gasteiger partial charge is 0.221 e. The first kappa shape index (κ1) is 14.8. The van der Waals surface area contributed by atoms with Crippen LogP contribution in [0.4, 0.5) is 11.6 Å². The van der Waals surface area contributed by atoms with Crippen molar-refractivity contribution < 1.29 is 9.53 Å². The number of nitrogen functional groups attached to an aromatic ring is 1. The van der Waals surface area contributed by atoms with Crippen LogP contribution in [0.5, 0.6) is 5.75 Å². The maximum Gasteiger partial charge on any atom is 0.221 e. The van der Waals surface area contributed by atoms with Gasteiger partial charge in [-0.2, -0.15) is 0 Å². The normalized spacial score (nSPS) is 10.5.